The van der Waals surface area contributed by atoms with Crippen LogP contribution >= 0.6 is 0 Å². The molecule has 0 aromatic heterocycles. The summed E-state index contributed by atoms with van der Waals surface area (Å²) in [5.41, 5.74) is 4.53. The van der Waals surface area contributed by atoms with Gasteiger partial charge in [0.05, 0.1) is 12.8 Å². The number of carbonyl (C=O) groups is 2. The molecule has 8 nitrogen and oxygen atoms in total. The van der Waals surface area contributed by atoms with Crippen molar-refractivity contribution in [1.29, 1.82) is 0 Å². The van der Waals surface area contributed by atoms with E-state index in [4.69, 9.17) is 4.74 Å². The van der Waals surface area contributed by atoms with Crippen molar-refractivity contribution in [2.45, 2.75) is 38.1 Å². The molecule has 1 unspecified atom stereocenters. The van der Waals surface area contributed by atoms with E-state index in [9.17, 15) is 14.7 Å². The summed E-state index contributed by atoms with van der Waals surface area (Å²) < 4.78 is 5.25. The summed E-state index contributed by atoms with van der Waals surface area (Å²) in [7, 11) is 1.65. The Labute approximate surface area is 206 Å². The van der Waals surface area contributed by atoms with Crippen LogP contribution in [0.2, 0.25) is 0 Å². The molecule has 1 saturated heterocycles. The molecule has 0 bridgehead atoms. The number of hydrogen-bond acceptors (Lipinski definition) is 6. The predicted octanol–water partition coefficient (Wildman–Crippen LogP) is 3.78. The highest BCUT2D eigenvalue weighted by atomic mass is 16.5. The van der Waals surface area contributed by atoms with Crippen LogP contribution in [-0.2, 0) is 16.0 Å². The average Bonchev–Trinajstić information content (AvgIpc) is 2.87. The minimum Gasteiger partial charge on any atom is -0.480 e. The van der Waals surface area contributed by atoms with Gasteiger partial charge in [-0.05, 0) is 73.1 Å². The number of amides is 1. The number of ether oxygens (including phenoxy) is 1. The van der Waals surface area contributed by atoms with Gasteiger partial charge in [-0.15, -0.1) is 0 Å². The van der Waals surface area contributed by atoms with Gasteiger partial charge in [0.1, 0.15) is 0 Å². The van der Waals surface area contributed by atoms with Gasteiger partial charge >= 0.3 is 5.97 Å². The molecule has 2 N–H and O–H groups in total. The molecule has 2 heterocycles. The monoisotopic (exact) mass is 478 g/mol. The molecule has 4 rings (SSSR count). The first-order valence-corrected chi connectivity index (χ1v) is 12.3. The third-order valence-corrected chi connectivity index (χ3v) is 6.68. The highest BCUT2D eigenvalue weighted by molar-refractivity contribution is 6.04. The minimum absolute atomic E-state index is 0.00500. The molecule has 2 aliphatic heterocycles. The molecular formula is C27H34N4O4. The van der Waals surface area contributed by atoms with Crippen LogP contribution in [0.5, 0.6) is 0 Å². The number of carbonyl (C=O) groups excluding carboxylic acids is 1. The summed E-state index contributed by atoms with van der Waals surface area (Å²) in [6, 6.07) is 13.3. The van der Waals surface area contributed by atoms with E-state index in [1.165, 1.54) is 19.3 Å². The van der Waals surface area contributed by atoms with Crippen molar-refractivity contribution in [3.63, 3.8) is 0 Å². The van der Waals surface area contributed by atoms with E-state index in [1.807, 2.05) is 53.6 Å². The number of benzene rings is 2. The second-order valence-corrected chi connectivity index (χ2v) is 9.16. The standard InChI is InChI=1S/C27H34N4O4/c1-35-16-12-25-24-10-9-23(17-22(24)11-15-30(25)19-26(32)33)29-27(34)21-7-5-20(6-8-21)18-28-31-13-3-2-4-14-31/h5-10,17-18,25H,2-4,11-16,19H2,1H3,(H,29,34)(H,32,33). The summed E-state index contributed by atoms with van der Waals surface area (Å²) in [6.45, 7) is 3.22. The van der Waals surface area contributed by atoms with Crippen LogP contribution < -0.4 is 5.32 Å². The molecule has 186 valence electrons. The van der Waals surface area contributed by atoms with Gasteiger partial charge in [-0.1, -0.05) is 18.2 Å². The quantitative estimate of drug-likeness (QED) is 0.533. The van der Waals surface area contributed by atoms with Crippen LogP contribution in [0, 0.1) is 0 Å². The highest BCUT2D eigenvalue weighted by Crippen LogP contribution is 2.33. The number of carboxylic acids is 1. The number of hydrogen-bond donors (Lipinski definition) is 2. The van der Waals surface area contributed by atoms with E-state index >= 15 is 0 Å². The first-order valence-electron chi connectivity index (χ1n) is 12.3. The molecule has 1 atom stereocenters. The number of carboxylic acid groups (broad SMARTS) is 1. The maximum atomic E-state index is 12.8. The molecule has 2 aliphatic rings. The summed E-state index contributed by atoms with van der Waals surface area (Å²) in [5.74, 6) is -0.993. The van der Waals surface area contributed by atoms with Crippen molar-refractivity contribution >= 4 is 23.8 Å². The molecule has 0 aliphatic carbocycles. The molecule has 1 amide bonds. The van der Waals surface area contributed by atoms with E-state index in [0.29, 0.717) is 18.7 Å². The minimum atomic E-state index is -0.830. The predicted molar refractivity (Wildman–Crippen MR) is 136 cm³/mol. The van der Waals surface area contributed by atoms with E-state index in [1.54, 1.807) is 7.11 Å². The molecule has 0 saturated carbocycles. The van der Waals surface area contributed by atoms with Crippen LogP contribution in [-0.4, -0.2) is 73.0 Å². The summed E-state index contributed by atoms with van der Waals surface area (Å²) in [5, 5.41) is 18.9. The first kappa shape index (κ1) is 24.9. The molecule has 0 spiro atoms. The Hall–Kier alpha value is -3.23. The van der Waals surface area contributed by atoms with Gasteiger partial charge in [0, 0.05) is 50.6 Å². The number of methoxy groups -OCH3 is 1. The van der Waals surface area contributed by atoms with Crippen molar-refractivity contribution in [2.75, 3.05) is 45.2 Å². The lowest BCUT2D eigenvalue weighted by Gasteiger charge is -2.36. The maximum Gasteiger partial charge on any atom is 0.317 e. The highest BCUT2D eigenvalue weighted by Gasteiger charge is 2.28. The van der Waals surface area contributed by atoms with Crippen LogP contribution in [0.15, 0.2) is 47.6 Å². The van der Waals surface area contributed by atoms with Crippen molar-refractivity contribution in [3.8, 4) is 0 Å². The largest absolute Gasteiger partial charge is 0.480 e. The molecule has 2 aromatic rings. The molecular weight excluding hydrogens is 444 g/mol. The Morgan fingerprint density at radius 1 is 1.11 bits per heavy atom. The lowest BCUT2D eigenvalue weighted by atomic mass is 9.90. The fourth-order valence-corrected chi connectivity index (χ4v) is 4.84. The van der Waals surface area contributed by atoms with Crippen LogP contribution in [0.3, 0.4) is 0 Å². The zero-order valence-corrected chi connectivity index (χ0v) is 20.3. The fourth-order valence-electron chi connectivity index (χ4n) is 4.84. The summed E-state index contributed by atoms with van der Waals surface area (Å²) in [6.07, 6.45) is 6.96. The number of rotatable bonds is 9. The second kappa shape index (κ2) is 12.0. The molecule has 1 fully saturated rings. The maximum absolute atomic E-state index is 12.8. The van der Waals surface area contributed by atoms with Crippen molar-refractivity contribution in [2.24, 2.45) is 5.10 Å². The Morgan fingerprint density at radius 2 is 1.89 bits per heavy atom. The topological polar surface area (TPSA) is 94.5 Å². The van der Waals surface area contributed by atoms with E-state index in [0.717, 1.165) is 48.3 Å². The van der Waals surface area contributed by atoms with Gasteiger partial charge in [-0.3, -0.25) is 19.5 Å². The first-order chi connectivity index (χ1) is 17.0. The average molecular weight is 479 g/mol. The number of fused-ring (bicyclic) bond motifs is 1. The van der Waals surface area contributed by atoms with E-state index < -0.39 is 5.97 Å². The SMILES string of the molecule is COCCC1c2ccc(NC(=O)c3ccc(C=NN4CCCCC4)cc3)cc2CCN1CC(=O)O. The van der Waals surface area contributed by atoms with Gasteiger partial charge in [0.2, 0.25) is 0 Å². The third kappa shape index (κ3) is 6.68. The molecule has 0 radical (unpaired) electrons. The van der Waals surface area contributed by atoms with E-state index in [-0.39, 0.29) is 18.5 Å². The van der Waals surface area contributed by atoms with Crippen LogP contribution in [0.25, 0.3) is 0 Å². The number of piperidine rings is 1. The summed E-state index contributed by atoms with van der Waals surface area (Å²) >= 11 is 0. The third-order valence-electron chi connectivity index (χ3n) is 6.68. The Bertz CT molecular complexity index is 1050. The van der Waals surface area contributed by atoms with Gasteiger partial charge in [0.15, 0.2) is 0 Å². The zero-order valence-electron chi connectivity index (χ0n) is 20.3. The molecule has 35 heavy (non-hydrogen) atoms. The van der Waals surface area contributed by atoms with E-state index in [2.05, 4.69) is 15.4 Å². The summed E-state index contributed by atoms with van der Waals surface area (Å²) in [4.78, 5) is 26.1. The Balaban J connectivity index is 1.41. The smallest absolute Gasteiger partial charge is 0.317 e. The zero-order chi connectivity index (χ0) is 24.6. The van der Waals surface area contributed by atoms with Crippen LogP contribution in [0.4, 0.5) is 5.69 Å². The Morgan fingerprint density at radius 3 is 2.60 bits per heavy atom. The van der Waals surface area contributed by atoms with Crippen molar-refractivity contribution < 1.29 is 19.4 Å². The lowest BCUT2D eigenvalue weighted by molar-refractivity contribution is -0.139. The van der Waals surface area contributed by atoms with Gasteiger partial charge in [-0.2, -0.15) is 5.10 Å². The second-order valence-electron chi connectivity index (χ2n) is 9.16. The molecule has 2 aromatic carbocycles. The fraction of sp³-hybridized carbons (Fsp3) is 0.444. The van der Waals surface area contributed by atoms with Gasteiger partial charge in [0.25, 0.3) is 5.91 Å². The number of anilines is 1. The normalized spacial score (nSPS) is 18.4. The number of hydrazone groups is 1. The number of nitrogens with one attached hydrogen (secondary N) is 1. The van der Waals surface area contributed by atoms with Gasteiger partial charge in [-0.25, -0.2) is 0 Å². The van der Waals surface area contributed by atoms with Crippen molar-refractivity contribution in [1.82, 2.24) is 9.91 Å². The number of nitrogens with zero attached hydrogens (tertiary/aromatic N) is 3. The number of aliphatic carboxylic acids is 1. The van der Waals surface area contributed by atoms with Crippen molar-refractivity contribution in [3.05, 3.63) is 64.7 Å². The lowest BCUT2D eigenvalue weighted by Crippen LogP contribution is -2.39. The molecule has 8 heteroatoms. The van der Waals surface area contributed by atoms with Gasteiger partial charge < -0.3 is 15.2 Å². The Kier molecular flexibility index (Phi) is 8.50. The van der Waals surface area contributed by atoms with Crippen LogP contribution in [0.1, 0.15) is 58.8 Å².